The summed E-state index contributed by atoms with van der Waals surface area (Å²) in [5, 5.41) is -0.105. The molecule has 2 amide bonds. The minimum Gasteiger partial charge on any atom is -0.497 e. The number of likely N-dealkylation sites (tertiary alicyclic amines) is 1. The maximum atomic E-state index is 13.6. The summed E-state index contributed by atoms with van der Waals surface area (Å²) in [6.45, 7) is 0.595. The van der Waals surface area contributed by atoms with Crippen LogP contribution in [-0.4, -0.2) is 44.1 Å². The van der Waals surface area contributed by atoms with Gasteiger partial charge in [-0.25, -0.2) is 4.39 Å². The number of carbonyl (C=O) groups excluding carboxylic acids is 2. The molecule has 1 saturated heterocycles. The molecule has 0 bridgehead atoms. The Bertz CT molecular complexity index is 884. The van der Waals surface area contributed by atoms with E-state index in [4.69, 9.17) is 21.1 Å². The molecule has 1 aliphatic heterocycles. The van der Waals surface area contributed by atoms with Gasteiger partial charge >= 0.3 is 0 Å². The van der Waals surface area contributed by atoms with Gasteiger partial charge in [0.2, 0.25) is 5.91 Å². The summed E-state index contributed by atoms with van der Waals surface area (Å²) in [7, 11) is 2.98. The van der Waals surface area contributed by atoms with Crippen LogP contribution in [0.5, 0.6) is 11.5 Å². The van der Waals surface area contributed by atoms with E-state index < -0.39 is 5.82 Å². The summed E-state index contributed by atoms with van der Waals surface area (Å²) in [6.07, 6.45) is 1.18. The molecule has 1 fully saturated rings. The molecule has 28 heavy (non-hydrogen) atoms. The quantitative estimate of drug-likeness (QED) is 0.733. The van der Waals surface area contributed by atoms with E-state index in [2.05, 4.69) is 0 Å². The number of ether oxygens (including phenoxy) is 2. The summed E-state index contributed by atoms with van der Waals surface area (Å²) in [6, 6.07) is 8.82. The van der Waals surface area contributed by atoms with Crippen molar-refractivity contribution in [2.75, 3.05) is 32.3 Å². The van der Waals surface area contributed by atoms with Crippen molar-refractivity contribution in [1.82, 2.24) is 4.90 Å². The topological polar surface area (TPSA) is 59.1 Å². The van der Waals surface area contributed by atoms with E-state index in [0.29, 0.717) is 35.7 Å². The van der Waals surface area contributed by atoms with Crippen molar-refractivity contribution in [2.24, 2.45) is 0 Å². The van der Waals surface area contributed by atoms with Gasteiger partial charge in [0.1, 0.15) is 24.0 Å². The van der Waals surface area contributed by atoms with E-state index in [1.54, 1.807) is 23.1 Å². The van der Waals surface area contributed by atoms with Crippen molar-refractivity contribution < 1.29 is 23.5 Å². The Morgan fingerprint density at radius 2 is 1.86 bits per heavy atom. The second kappa shape index (κ2) is 8.48. The summed E-state index contributed by atoms with van der Waals surface area (Å²) in [5.74, 6) is -0.0963. The molecule has 0 unspecified atom stereocenters. The van der Waals surface area contributed by atoms with Gasteiger partial charge in [0.15, 0.2) is 0 Å². The van der Waals surface area contributed by atoms with Crippen molar-refractivity contribution in [3.8, 4) is 11.5 Å². The smallest absolute Gasteiger partial charge is 0.260 e. The van der Waals surface area contributed by atoms with Gasteiger partial charge in [-0.05, 0) is 36.8 Å². The third-order valence-electron chi connectivity index (χ3n) is 4.54. The molecule has 1 heterocycles. The molecule has 1 aliphatic rings. The average Bonchev–Trinajstić information content (AvgIpc) is 3.11. The number of benzene rings is 2. The number of nitrogens with zero attached hydrogens (tertiary/aromatic N) is 2. The SMILES string of the molecule is COc1cc(OC)cc(C(=O)N(CN2CCCC2=O)c2ccc(F)c(Cl)c2)c1. The van der Waals surface area contributed by atoms with Crippen LogP contribution < -0.4 is 14.4 Å². The van der Waals surface area contributed by atoms with E-state index in [1.165, 1.54) is 37.3 Å². The van der Waals surface area contributed by atoms with Crippen LogP contribution >= 0.6 is 11.6 Å². The summed E-state index contributed by atoms with van der Waals surface area (Å²) in [4.78, 5) is 28.4. The van der Waals surface area contributed by atoms with E-state index in [-0.39, 0.29) is 23.5 Å². The van der Waals surface area contributed by atoms with Crippen LogP contribution in [0.2, 0.25) is 5.02 Å². The lowest BCUT2D eigenvalue weighted by atomic mass is 10.1. The monoisotopic (exact) mass is 406 g/mol. The lowest BCUT2D eigenvalue weighted by molar-refractivity contribution is -0.127. The Hall–Kier alpha value is -2.80. The van der Waals surface area contributed by atoms with Crippen molar-refractivity contribution in [3.63, 3.8) is 0 Å². The van der Waals surface area contributed by atoms with Gasteiger partial charge in [-0.3, -0.25) is 14.5 Å². The molecule has 0 radical (unpaired) electrons. The molecule has 8 heteroatoms. The molecule has 0 N–H and O–H groups in total. The Morgan fingerprint density at radius 1 is 1.18 bits per heavy atom. The Kier molecular flexibility index (Phi) is 6.04. The van der Waals surface area contributed by atoms with Gasteiger partial charge in [0.05, 0.1) is 19.2 Å². The molecule has 0 aromatic heterocycles. The van der Waals surface area contributed by atoms with Crippen LogP contribution in [0.15, 0.2) is 36.4 Å². The first-order chi connectivity index (χ1) is 13.4. The van der Waals surface area contributed by atoms with Crippen LogP contribution in [0.4, 0.5) is 10.1 Å². The summed E-state index contributed by atoms with van der Waals surface area (Å²) < 4.78 is 24.1. The predicted octanol–water partition coefficient (Wildman–Crippen LogP) is 3.72. The molecule has 0 saturated carbocycles. The molecule has 3 rings (SSSR count). The first-order valence-corrected chi connectivity index (χ1v) is 9.08. The van der Waals surface area contributed by atoms with Crippen LogP contribution in [0.1, 0.15) is 23.2 Å². The molecule has 2 aromatic carbocycles. The summed E-state index contributed by atoms with van der Waals surface area (Å²) >= 11 is 5.92. The number of anilines is 1. The molecule has 6 nitrogen and oxygen atoms in total. The minimum absolute atomic E-state index is 0.0331. The van der Waals surface area contributed by atoms with Crippen molar-refractivity contribution >= 4 is 29.1 Å². The molecule has 2 aromatic rings. The van der Waals surface area contributed by atoms with Gasteiger partial charge < -0.3 is 14.4 Å². The lowest BCUT2D eigenvalue weighted by Gasteiger charge is -2.28. The van der Waals surface area contributed by atoms with Crippen molar-refractivity contribution in [1.29, 1.82) is 0 Å². The fourth-order valence-corrected chi connectivity index (χ4v) is 3.20. The highest BCUT2D eigenvalue weighted by Gasteiger charge is 2.27. The maximum absolute atomic E-state index is 13.6. The van der Waals surface area contributed by atoms with Crippen LogP contribution in [0.3, 0.4) is 0 Å². The fraction of sp³-hybridized carbons (Fsp3) is 0.300. The Balaban J connectivity index is 2.01. The first-order valence-electron chi connectivity index (χ1n) is 8.70. The summed E-state index contributed by atoms with van der Waals surface area (Å²) in [5.41, 5.74) is 0.696. The van der Waals surface area contributed by atoms with Crippen LogP contribution in [0, 0.1) is 5.82 Å². The van der Waals surface area contributed by atoms with E-state index in [0.717, 1.165) is 6.42 Å². The second-order valence-electron chi connectivity index (χ2n) is 6.34. The zero-order chi connectivity index (χ0) is 20.3. The normalized spacial score (nSPS) is 13.6. The molecule has 0 atom stereocenters. The van der Waals surface area contributed by atoms with Crippen molar-refractivity contribution in [3.05, 3.63) is 52.8 Å². The van der Waals surface area contributed by atoms with Gasteiger partial charge in [0.25, 0.3) is 5.91 Å². The van der Waals surface area contributed by atoms with Crippen LogP contribution in [0.25, 0.3) is 0 Å². The number of rotatable bonds is 6. The maximum Gasteiger partial charge on any atom is 0.260 e. The lowest BCUT2D eigenvalue weighted by Crippen LogP contribution is -2.42. The highest BCUT2D eigenvalue weighted by atomic mass is 35.5. The van der Waals surface area contributed by atoms with Crippen molar-refractivity contribution in [2.45, 2.75) is 12.8 Å². The minimum atomic E-state index is -0.585. The van der Waals surface area contributed by atoms with Gasteiger partial charge in [-0.15, -0.1) is 0 Å². The molecule has 0 aliphatic carbocycles. The fourth-order valence-electron chi connectivity index (χ4n) is 3.03. The molecular weight excluding hydrogens is 387 g/mol. The highest BCUT2D eigenvalue weighted by Crippen LogP contribution is 2.28. The van der Waals surface area contributed by atoms with E-state index in [9.17, 15) is 14.0 Å². The molecule has 148 valence electrons. The zero-order valence-electron chi connectivity index (χ0n) is 15.6. The average molecular weight is 407 g/mol. The first kappa shape index (κ1) is 19.9. The number of halogens is 2. The second-order valence-corrected chi connectivity index (χ2v) is 6.74. The Labute approximate surface area is 167 Å². The highest BCUT2D eigenvalue weighted by molar-refractivity contribution is 6.31. The standard InChI is InChI=1S/C20H20ClFN2O4/c1-27-15-8-13(9-16(11-15)28-2)20(26)24(12-23-7-3-4-19(23)25)14-5-6-18(22)17(21)10-14/h5-6,8-11H,3-4,7,12H2,1-2H3. The molecule has 0 spiro atoms. The van der Waals surface area contributed by atoms with E-state index >= 15 is 0 Å². The molecular formula is C20H20ClFN2O4. The number of methoxy groups -OCH3 is 2. The largest absolute Gasteiger partial charge is 0.497 e. The third kappa shape index (κ3) is 4.20. The van der Waals surface area contributed by atoms with E-state index in [1.807, 2.05) is 0 Å². The number of hydrogen-bond acceptors (Lipinski definition) is 4. The van der Waals surface area contributed by atoms with Gasteiger partial charge in [0, 0.05) is 30.3 Å². The number of carbonyl (C=O) groups is 2. The zero-order valence-corrected chi connectivity index (χ0v) is 16.3. The predicted molar refractivity (Wildman–Crippen MR) is 104 cm³/mol. The van der Waals surface area contributed by atoms with Gasteiger partial charge in [-0.1, -0.05) is 11.6 Å². The van der Waals surface area contributed by atoms with Crippen LogP contribution in [-0.2, 0) is 4.79 Å². The van der Waals surface area contributed by atoms with Gasteiger partial charge in [-0.2, -0.15) is 0 Å². The Morgan fingerprint density at radius 3 is 2.39 bits per heavy atom. The number of amides is 2. The number of hydrogen-bond donors (Lipinski definition) is 0. The third-order valence-corrected chi connectivity index (χ3v) is 4.83.